The van der Waals surface area contributed by atoms with Crippen LogP contribution in [0.4, 0.5) is 11.5 Å². The van der Waals surface area contributed by atoms with Crippen LogP contribution >= 0.6 is 11.3 Å². The predicted molar refractivity (Wildman–Crippen MR) is 143 cm³/mol. The summed E-state index contributed by atoms with van der Waals surface area (Å²) >= 11 is 1.27. The highest BCUT2D eigenvalue weighted by atomic mass is 32.1. The van der Waals surface area contributed by atoms with E-state index in [-0.39, 0.29) is 11.8 Å². The lowest BCUT2D eigenvalue weighted by molar-refractivity contribution is 0.0824. The molecular weight excluding hydrogens is 474 g/mol. The van der Waals surface area contributed by atoms with Gasteiger partial charge < -0.3 is 15.1 Å². The lowest BCUT2D eigenvalue weighted by Gasteiger charge is -2.34. The number of fused-ring (bicyclic) bond motifs is 1. The number of carbonyl (C=O) groups excluding carboxylic acids is 2. The molecule has 10 heteroatoms. The number of rotatable bonds is 7. The SMILES string of the molecule is CN1CCN(c2ccc(C(=O)Nc3[nH]nc4sc(C(=O)NN(C)Cc5ccccc5)cc34)cc2)CC1. The second-order valence-electron chi connectivity index (χ2n) is 9.00. The zero-order valence-corrected chi connectivity index (χ0v) is 21.1. The minimum atomic E-state index is -0.231. The van der Waals surface area contributed by atoms with Crippen LogP contribution in [0.2, 0.25) is 0 Å². The maximum absolute atomic E-state index is 12.9. The molecule has 0 bridgehead atoms. The van der Waals surface area contributed by atoms with Crippen molar-refractivity contribution in [2.75, 3.05) is 50.5 Å². The van der Waals surface area contributed by atoms with Crippen LogP contribution in [-0.2, 0) is 6.54 Å². The van der Waals surface area contributed by atoms with E-state index in [2.05, 4.69) is 37.8 Å². The van der Waals surface area contributed by atoms with Gasteiger partial charge in [-0.3, -0.25) is 20.1 Å². The monoisotopic (exact) mass is 503 g/mol. The molecule has 0 radical (unpaired) electrons. The van der Waals surface area contributed by atoms with E-state index >= 15 is 0 Å². The number of carbonyl (C=O) groups is 2. The molecule has 3 N–H and O–H groups in total. The summed E-state index contributed by atoms with van der Waals surface area (Å²) in [7, 11) is 3.95. The van der Waals surface area contributed by atoms with Crippen molar-refractivity contribution in [1.29, 1.82) is 0 Å². The van der Waals surface area contributed by atoms with Crippen molar-refractivity contribution in [1.82, 2.24) is 25.5 Å². The third kappa shape index (κ3) is 5.40. The number of hydrogen-bond donors (Lipinski definition) is 3. The van der Waals surface area contributed by atoms with Crippen LogP contribution in [0.15, 0.2) is 60.7 Å². The number of aromatic amines is 1. The Morgan fingerprint density at radius 3 is 2.47 bits per heavy atom. The van der Waals surface area contributed by atoms with Gasteiger partial charge in [0, 0.05) is 51.0 Å². The number of benzene rings is 2. The average Bonchev–Trinajstić information content (AvgIpc) is 3.47. The van der Waals surface area contributed by atoms with E-state index in [0.717, 1.165) is 37.4 Å². The first-order valence-electron chi connectivity index (χ1n) is 11.8. The molecule has 2 aromatic heterocycles. The van der Waals surface area contributed by atoms with Crippen molar-refractivity contribution in [2.24, 2.45) is 0 Å². The first kappa shape index (κ1) is 24.0. The Labute approximate surface area is 213 Å². The summed E-state index contributed by atoms with van der Waals surface area (Å²) in [5.74, 6) is 0.0320. The van der Waals surface area contributed by atoms with E-state index < -0.39 is 0 Å². The largest absolute Gasteiger partial charge is 0.369 e. The molecule has 0 atom stereocenters. The molecule has 5 rings (SSSR count). The molecule has 1 aliphatic rings. The van der Waals surface area contributed by atoms with Gasteiger partial charge in [-0.25, -0.2) is 5.01 Å². The maximum atomic E-state index is 12.9. The highest BCUT2D eigenvalue weighted by Gasteiger charge is 2.19. The molecule has 3 heterocycles. The molecular formula is C26H29N7O2S. The lowest BCUT2D eigenvalue weighted by Crippen LogP contribution is -2.44. The van der Waals surface area contributed by atoms with Crippen LogP contribution in [0.3, 0.4) is 0 Å². The first-order valence-corrected chi connectivity index (χ1v) is 12.7. The van der Waals surface area contributed by atoms with E-state index in [4.69, 9.17) is 0 Å². The lowest BCUT2D eigenvalue weighted by atomic mass is 10.1. The van der Waals surface area contributed by atoms with E-state index in [1.807, 2.05) is 61.6 Å². The summed E-state index contributed by atoms with van der Waals surface area (Å²) in [6, 6.07) is 19.3. The number of aromatic nitrogens is 2. The van der Waals surface area contributed by atoms with Gasteiger partial charge in [-0.05, 0) is 42.9 Å². The van der Waals surface area contributed by atoms with Gasteiger partial charge in [0.15, 0.2) is 0 Å². The number of nitrogens with zero attached hydrogens (tertiary/aromatic N) is 4. The predicted octanol–water partition coefficient (Wildman–Crippen LogP) is 3.41. The summed E-state index contributed by atoms with van der Waals surface area (Å²) in [6.45, 7) is 4.60. The van der Waals surface area contributed by atoms with Gasteiger partial charge in [-0.1, -0.05) is 30.3 Å². The molecule has 0 aliphatic carbocycles. The number of nitrogens with one attached hydrogen (secondary N) is 3. The Morgan fingerprint density at radius 2 is 1.75 bits per heavy atom. The Hall–Kier alpha value is -3.73. The number of amides is 2. The topological polar surface area (TPSA) is 96.6 Å². The normalized spacial score (nSPS) is 14.4. The summed E-state index contributed by atoms with van der Waals surface area (Å²) in [6.07, 6.45) is 0. The molecule has 2 aromatic carbocycles. The zero-order valence-electron chi connectivity index (χ0n) is 20.3. The number of H-pyrrole nitrogens is 1. The van der Waals surface area contributed by atoms with Crippen molar-refractivity contribution >= 4 is 44.9 Å². The average molecular weight is 504 g/mol. The van der Waals surface area contributed by atoms with Crippen LogP contribution in [0.5, 0.6) is 0 Å². The number of thiophene rings is 1. The molecule has 2 amide bonds. The van der Waals surface area contributed by atoms with Crippen molar-refractivity contribution in [2.45, 2.75) is 6.54 Å². The Balaban J connectivity index is 1.22. The number of hydrazine groups is 1. The van der Waals surface area contributed by atoms with Gasteiger partial charge in [0.1, 0.15) is 10.6 Å². The number of hydrogen-bond acceptors (Lipinski definition) is 7. The Kier molecular flexibility index (Phi) is 6.99. The molecule has 4 aromatic rings. The second kappa shape index (κ2) is 10.5. The van der Waals surface area contributed by atoms with E-state index in [9.17, 15) is 9.59 Å². The van der Waals surface area contributed by atoms with Crippen LogP contribution in [0.1, 0.15) is 25.6 Å². The Bertz CT molecular complexity index is 1340. The van der Waals surface area contributed by atoms with Crippen molar-refractivity contribution in [3.8, 4) is 0 Å². The van der Waals surface area contributed by atoms with Gasteiger partial charge in [0.2, 0.25) is 0 Å². The van der Waals surface area contributed by atoms with Crippen LogP contribution < -0.4 is 15.6 Å². The quantitative estimate of drug-likeness (QED) is 0.335. The third-order valence-electron chi connectivity index (χ3n) is 6.27. The molecule has 1 fully saturated rings. The van der Waals surface area contributed by atoms with Crippen LogP contribution in [0, 0.1) is 0 Å². The highest BCUT2D eigenvalue weighted by molar-refractivity contribution is 7.20. The fourth-order valence-corrected chi connectivity index (χ4v) is 5.10. The van der Waals surface area contributed by atoms with Gasteiger partial charge in [0.25, 0.3) is 11.8 Å². The van der Waals surface area contributed by atoms with Crippen LogP contribution in [-0.4, -0.2) is 72.2 Å². The van der Waals surface area contributed by atoms with Crippen molar-refractivity contribution in [3.05, 3.63) is 76.7 Å². The molecule has 0 unspecified atom stereocenters. The first-order chi connectivity index (χ1) is 17.5. The molecule has 186 valence electrons. The smallest absolute Gasteiger partial charge is 0.275 e. The van der Waals surface area contributed by atoms with Crippen molar-refractivity contribution in [3.63, 3.8) is 0 Å². The van der Waals surface area contributed by atoms with Crippen molar-refractivity contribution < 1.29 is 9.59 Å². The van der Waals surface area contributed by atoms with E-state index in [0.29, 0.717) is 33.0 Å². The summed E-state index contributed by atoms with van der Waals surface area (Å²) in [5, 5.41) is 12.5. The van der Waals surface area contributed by atoms with Gasteiger partial charge in [-0.15, -0.1) is 11.3 Å². The fraction of sp³-hybridized carbons (Fsp3) is 0.269. The summed E-state index contributed by atoms with van der Waals surface area (Å²) in [4.78, 5) is 31.5. The molecule has 1 saturated heterocycles. The van der Waals surface area contributed by atoms with Gasteiger partial charge in [0.05, 0.1) is 10.3 Å². The summed E-state index contributed by atoms with van der Waals surface area (Å²) < 4.78 is 0. The number of likely N-dealkylation sites (N-methyl/N-ethyl adjacent to an activating group) is 1. The Morgan fingerprint density at radius 1 is 1.03 bits per heavy atom. The summed E-state index contributed by atoms with van der Waals surface area (Å²) in [5.41, 5.74) is 5.67. The van der Waals surface area contributed by atoms with E-state index in [1.54, 1.807) is 11.1 Å². The fourth-order valence-electron chi connectivity index (χ4n) is 4.22. The highest BCUT2D eigenvalue weighted by Crippen LogP contribution is 2.29. The number of anilines is 2. The minimum Gasteiger partial charge on any atom is -0.369 e. The molecule has 0 spiro atoms. The molecule has 36 heavy (non-hydrogen) atoms. The second-order valence-corrected chi connectivity index (χ2v) is 10.0. The van der Waals surface area contributed by atoms with Gasteiger partial charge in [-0.2, -0.15) is 5.10 Å². The minimum absolute atomic E-state index is 0.215. The zero-order chi connectivity index (χ0) is 25.1. The molecule has 0 saturated carbocycles. The third-order valence-corrected chi connectivity index (χ3v) is 7.29. The molecule has 1 aliphatic heterocycles. The maximum Gasteiger partial charge on any atom is 0.275 e. The van der Waals surface area contributed by atoms with E-state index in [1.165, 1.54) is 11.3 Å². The van der Waals surface area contributed by atoms with Gasteiger partial charge >= 0.3 is 0 Å². The standard InChI is InChI=1S/C26H29N7O2S/c1-31-12-14-33(15-13-31)20-10-8-19(9-11-20)24(34)27-23-21-16-22(36-26(21)29-28-23)25(35)30-32(2)17-18-6-4-3-5-7-18/h3-11,16H,12-15,17H2,1-2H3,(H,30,35)(H2,27,28,29,34). The van der Waals surface area contributed by atoms with Crippen LogP contribution in [0.25, 0.3) is 10.2 Å². The molecule has 9 nitrogen and oxygen atoms in total. The number of piperazine rings is 1.